The van der Waals surface area contributed by atoms with E-state index in [1.54, 1.807) is 18.2 Å². The summed E-state index contributed by atoms with van der Waals surface area (Å²) >= 11 is 0. The molecule has 2 unspecified atom stereocenters. The van der Waals surface area contributed by atoms with Gasteiger partial charge in [0.25, 0.3) is 5.91 Å². The number of para-hydroxylation sites is 2. The molecule has 0 saturated carbocycles. The molecule has 0 bridgehead atoms. The van der Waals surface area contributed by atoms with Crippen molar-refractivity contribution in [2.45, 2.75) is 38.4 Å². The molecule has 200 valence electrons. The fourth-order valence-corrected chi connectivity index (χ4v) is 4.41. The molecule has 0 radical (unpaired) electrons. The Bertz CT molecular complexity index is 1440. The Labute approximate surface area is 225 Å². The molecule has 0 aliphatic carbocycles. The van der Waals surface area contributed by atoms with E-state index in [0.29, 0.717) is 17.8 Å². The summed E-state index contributed by atoms with van der Waals surface area (Å²) in [6.07, 6.45) is 1.58. The first-order valence-electron chi connectivity index (χ1n) is 12.6. The largest absolute Gasteiger partial charge is 0.465 e. The minimum absolute atomic E-state index is 0.0272. The number of hydrogen-bond donors (Lipinski definition) is 3. The molecule has 3 aromatic carbocycles. The summed E-state index contributed by atoms with van der Waals surface area (Å²) < 4.78 is 16.8. The monoisotopic (exact) mass is 527 g/mol. The summed E-state index contributed by atoms with van der Waals surface area (Å²) in [7, 11) is 1.34. The Hall–Kier alpha value is -4.47. The summed E-state index contributed by atoms with van der Waals surface area (Å²) in [6, 6.07) is 22.2. The number of rotatable bonds is 9. The van der Waals surface area contributed by atoms with Crippen molar-refractivity contribution in [2.24, 2.45) is 0 Å². The number of nitrogens with one attached hydrogen (secondary N) is 2. The molecule has 1 aromatic heterocycles. The number of aromatic nitrogens is 2. The maximum atomic E-state index is 13.1. The normalized spacial score (nSPS) is 16.8. The number of aliphatic hydroxyl groups excluding tert-OH is 1. The lowest BCUT2D eigenvalue weighted by Gasteiger charge is -2.29. The van der Waals surface area contributed by atoms with Crippen molar-refractivity contribution < 1.29 is 28.9 Å². The lowest BCUT2D eigenvalue weighted by atomic mass is 9.92. The second kappa shape index (κ2) is 11.9. The number of imidazole rings is 1. The molecule has 0 spiro atoms. The second-order valence-electron chi connectivity index (χ2n) is 9.20. The quantitative estimate of drug-likeness (QED) is 0.280. The molecule has 0 fully saturated rings. The van der Waals surface area contributed by atoms with E-state index in [4.69, 9.17) is 14.2 Å². The molecule has 1 aliphatic heterocycles. The van der Waals surface area contributed by atoms with E-state index in [9.17, 15) is 14.7 Å². The number of aliphatic hydroxyl groups is 1. The first-order valence-corrected chi connectivity index (χ1v) is 12.6. The molecule has 3 N–H and O–H groups in total. The topological polar surface area (TPSA) is 123 Å². The molecular formula is C30H29N3O6. The van der Waals surface area contributed by atoms with Gasteiger partial charge in [0.15, 0.2) is 5.76 Å². The summed E-state index contributed by atoms with van der Waals surface area (Å²) in [5.74, 6) is -0.190. The van der Waals surface area contributed by atoms with Crippen molar-refractivity contribution in [1.82, 2.24) is 15.3 Å². The van der Waals surface area contributed by atoms with Gasteiger partial charge in [-0.15, -0.1) is 0 Å². The van der Waals surface area contributed by atoms with E-state index in [1.165, 1.54) is 7.11 Å². The maximum absolute atomic E-state index is 13.1. The Kier molecular flexibility index (Phi) is 8.00. The zero-order valence-electron chi connectivity index (χ0n) is 21.4. The van der Waals surface area contributed by atoms with Crippen LogP contribution in [-0.4, -0.2) is 40.4 Å². The van der Waals surface area contributed by atoms with Gasteiger partial charge in [0.2, 0.25) is 6.29 Å². The van der Waals surface area contributed by atoms with Gasteiger partial charge in [-0.3, -0.25) is 4.79 Å². The van der Waals surface area contributed by atoms with E-state index in [0.717, 1.165) is 27.7 Å². The van der Waals surface area contributed by atoms with E-state index < -0.39 is 12.3 Å². The van der Waals surface area contributed by atoms with Crippen LogP contribution in [0.4, 0.5) is 0 Å². The first kappa shape index (κ1) is 26.1. The van der Waals surface area contributed by atoms with Crippen LogP contribution in [0.25, 0.3) is 11.0 Å². The smallest absolute Gasteiger partial charge is 0.337 e. The van der Waals surface area contributed by atoms with Crippen molar-refractivity contribution in [3.05, 3.63) is 113 Å². The Balaban J connectivity index is 1.31. The number of esters is 1. The van der Waals surface area contributed by atoms with Crippen LogP contribution in [0.15, 0.2) is 84.6 Å². The van der Waals surface area contributed by atoms with Gasteiger partial charge in [-0.2, -0.15) is 0 Å². The number of ether oxygens (including phenoxy) is 3. The van der Waals surface area contributed by atoms with Crippen LogP contribution in [-0.2, 0) is 38.8 Å². The lowest BCUT2D eigenvalue weighted by Crippen LogP contribution is -2.32. The summed E-state index contributed by atoms with van der Waals surface area (Å²) in [5, 5.41) is 12.1. The van der Waals surface area contributed by atoms with Gasteiger partial charge < -0.3 is 29.6 Å². The fourth-order valence-electron chi connectivity index (χ4n) is 4.41. The number of fused-ring (bicyclic) bond motifs is 1. The van der Waals surface area contributed by atoms with Gasteiger partial charge in [0.05, 0.1) is 43.5 Å². The lowest BCUT2D eigenvalue weighted by molar-refractivity contribution is -0.150. The minimum atomic E-state index is -0.676. The van der Waals surface area contributed by atoms with Gasteiger partial charge in [0.1, 0.15) is 5.82 Å². The van der Waals surface area contributed by atoms with Crippen molar-refractivity contribution in [1.29, 1.82) is 0 Å². The average molecular weight is 528 g/mol. The third kappa shape index (κ3) is 6.34. The molecule has 39 heavy (non-hydrogen) atoms. The number of aromatic amines is 1. The fraction of sp³-hybridized carbons (Fsp3) is 0.233. The molecule has 2 heterocycles. The van der Waals surface area contributed by atoms with Crippen LogP contribution >= 0.6 is 0 Å². The number of methoxy groups -OCH3 is 1. The molecule has 0 saturated heterocycles. The minimum Gasteiger partial charge on any atom is -0.465 e. The summed E-state index contributed by atoms with van der Waals surface area (Å²) in [6.45, 7) is 0.453. The van der Waals surface area contributed by atoms with Crippen molar-refractivity contribution >= 4 is 22.9 Å². The van der Waals surface area contributed by atoms with E-state index in [-0.39, 0.29) is 37.3 Å². The third-order valence-electron chi connectivity index (χ3n) is 6.54. The first-order chi connectivity index (χ1) is 19.0. The van der Waals surface area contributed by atoms with Gasteiger partial charge in [-0.1, -0.05) is 48.5 Å². The third-order valence-corrected chi connectivity index (χ3v) is 6.54. The molecule has 1 amide bonds. The standard InChI is InChI=1S/C30H29N3O6/c1-37-30(36)22-12-10-21(11-13-22)23-14-26(29(35)31-16-27-32-24-4-2-3-5-25(24)33-27)39-28(15-23)38-18-20-8-6-19(17-34)7-9-20/h2-14,23,28,34H,15-18H2,1H3,(H,31,35)(H,32,33). The van der Waals surface area contributed by atoms with Crippen molar-refractivity contribution in [3.8, 4) is 0 Å². The summed E-state index contributed by atoms with van der Waals surface area (Å²) in [4.78, 5) is 32.7. The maximum Gasteiger partial charge on any atom is 0.337 e. The van der Waals surface area contributed by atoms with Gasteiger partial charge in [-0.05, 0) is 47.0 Å². The van der Waals surface area contributed by atoms with Crippen LogP contribution in [0.2, 0.25) is 0 Å². The Morgan fingerprint density at radius 1 is 1.05 bits per heavy atom. The van der Waals surface area contributed by atoms with Crippen LogP contribution < -0.4 is 5.32 Å². The Morgan fingerprint density at radius 2 is 1.79 bits per heavy atom. The highest BCUT2D eigenvalue weighted by Crippen LogP contribution is 2.32. The highest BCUT2D eigenvalue weighted by Gasteiger charge is 2.29. The average Bonchev–Trinajstić information content (AvgIpc) is 3.41. The second-order valence-corrected chi connectivity index (χ2v) is 9.20. The number of carbonyl (C=O) groups excluding carboxylic acids is 2. The zero-order chi connectivity index (χ0) is 27.2. The van der Waals surface area contributed by atoms with E-state index in [2.05, 4.69) is 15.3 Å². The molecule has 4 aromatic rings. The van der Waals surface area contributed by atoms with Gasteiger partial charge in [0, 0.05) is 12.3 Å². The van der Waals surface area contributed by atoms with Crippen LogP contribution in [0.3, 0.4) is 0 Å². The van der Waals surface area contributed by atoms with Crippen molar-refractivity contribution in [2.75, 3.05) is 7.11 Å². The van der Waals surface area contributed by atoms with Crippen LogP contribution in [0, 0.1) is 0 Å². The number of nitrogens with zero attached hydrogens (tertiary/aromatic N) is 1. The highest BCUT2D eigenvalue weighted by atomic mass is 16.7. The Morgan fingerprint density at radius 3 is 2.51 bits per heavy atom. The molecular weight excluding hydrogens is 498 g/mol. The molecule has 9 heteroatoms. The number of carbonyl (C=O) groups is 2. The number of allylic oxidation sites excluding steroid dienone is 1. The molecule has 9 nitrogen and oxygen atoms in total. The number of amides is 1. The number of benzene rings is 3. The number of hydrogen-bond acceptors (Lipinski definition) is 7. The van der Waals surface area contributed by atoms with Gasteiger partial charge >= 0.3 is 5.97 Å². The summed E-state index contributed by atoms with van der Waals surface area (Å²) in [5.41, 5.74) is 4.81. The van der Waals surface area contributed by atoms with E-state index >= 15 is 0 Å². The van der Waals surface area contributed by atoms with Crippen LogP contribution in [0.1, 0.15) is 45.2 Å². The predicted octanol–water partition coefficient (Wildman–Crippen LogP) is 4.09. The zero-order valence-corrected chi connectivity index (χ0v) is 21.4. The van der Waals surface area contributed by atoms with Crippen LogP contribution in [0.5, 0.6) is 0 Å². The highest BCUT2D eigenvalue weighted by molar-refractivity contribution is 5.92. The van der Waals surface area contributed by atoms with E-state index in [1.807, 2.05) is 60.7 Å². The molecule has 1 aliphatic rings. The van der Waals surface area contributed by atoms with Gasteiger partial charge in [-0.25, -0.2) is 9.78 Å². The predicted molar refractivity (Wildman–Crippen MR) is 143 cm³/mol. The molecule has 2 atom stereocenters. The number of H-pyrrole nitrogens is 1. The SMILES string of the molecule is COC(=O)c1ccc(C2C=C(C(=O)NCc3nc4ccccc4[nH]3)OC(OCc3ccc(CO)cc3)C2)cc1. The molecule has 5 rings (SSSR count). The van der Waals surface area contributed by atoms with Crippen molar-refractivity contribution in [3.63, 3.8) is 0 Å².